The minimum atomic E-state index is 0. The lowest BCUT2D eigenvalue weighted by Gasteiger charge is -2.21. The standard InChI is InChI=1S/C17H28N4S.HI/c1-4-18-16(19-12-17(2)9-10-17)21(3)11-15-20-13-7-5-6-8-14(13)22-15;/h4-12H2,1-3H3,(H,18,19);1H. The zero-order valence-electron chi connectivity index (χ0n) is 14.5. The summed E-state index contributed by atoms with van der Waals surface area (Å²) in [6.07, 6.45) is 7.66. The van der Waals surface area contributed by atoms with Gasteiger partial charge in [-0.1, -0.05) is 6.92 Å². The van der Waals surface area contributed by atoms with Gasteiger partial charge in [-0.3, -0.25) is 4.99 Å². The van der Waals surface area contributed by atoms with Gasteiger partial charge in [0.15, 0.2) is 5.96 Å². The molecular weight excluding hydrogens is 419 g/mol. The molecule has 1 N–H and O–H groups in total. The molecule has 0 radical (unpaired) electrons. The van der Waals surface area contributed by atoms with Crippen molar-refractivity contribution in [2.24, 2.45) is 10.4 Å². The highest BCUT2D eigenvalue weighted by Crippen LogP contribution is 2.45. The minimum Gasteiger partial charge on any atom is -0.357 e. The number of aromatic nitrogens is 1. The Balaban J connectivity index is 0.00000192. The van der Waals surface area contributed by atoms with Crippen molar-refractivity contribution >= 4 is 41.3 Å². The number of aryl methyl sites for hydroxylation is 2. The molecule has 0 saturated heterocycles. The van der Waals surface area contributed by atoms with Crippen LogP contribution in [0.15, 0.2) is 4.99 Å². The zero-order valence-corrected chi connectivity index (χ0v) is 17.7. The fraction of sp³-hybridized carbons (Fsp3) is 0.765. The van der Waals surface area contributed by atoms with E-state index in [0.717, 1.165) is 25.6 Å². The Labute approximate surface area is 161 Å². The largest absolute Gasteiger partial charge is 0.357 e. The summed E-state index contributed by atoms with van der Waals surface area (Å²) >= 11 is 1.90. The lowest BCUT2D eigenvalue weighted by molar-refractivity contribution is 0.468. The molecule has 1 aromatic rings. The molecule has 3 rings (SSSR count). The number of nitrogens with zero attached hydrogens (tertiary/aromatic N) is 3. The molecule has 0 atom stereocenters. The van der Waals surface area contributed by atoms with Crippen LogP contribution >= 0.6 is 35.3 Å². The van der Waals surface area contributed by atoms with Crippen LogP contribution in [0.25, 0.3) is 0 Å². The average molecular weight is 448 g/mol. The second-order valence-electron chi connectivity index (χ2n) is 7.02. The Morgan fingerprint density at radius 3 is 2.74 bits per heavy atom. The number of fused-ring (bicyclic) bond motifs is 1. The number of nitrogens with one attached hydrogen (secondary N) is 1. The number of aliphatic imine (C=N–C) groups is 1. The maximum absolute atomic E-state index is 4.85. The second kappa shape index (κ2) is 8.14. The molecule has 130 valence electrons. The van der Waals surface area contributed by atoms with Gasteiger partial charge in [0.2, 0.25) is 0 Å². The third-order valence-electron chi connectivity index (χ3n) is 4.67. The Morgan fingerprint density at radius 1 is 1.35 bits per heavy atom. The molecule has 1 aromatic heterocycles. The molecule has 0 bridgehead atoms. The van der Waals surface area contributed by atoms with Crippen molar-refractivity contribution in [3.63, 3.8) is 0 Å². The molecule has 23 heavy (non-hydrogen) atoms. The molecule has 0 aliphatic heterocycles. The van der Waals surface area contributed by atoms with Crippen LogP contribution in [0.3, 0.4) is 0 Å². The summed E-state index contributed by atoms with van der Waals surface area (Å²) in [5.41, 5.74) is 1.81. The molecular formula is C17H29IN4S. The van der Waals surface area contributed by atoms with Gasteiger partial charge in [0, 0.05) is 25.0 Å². The van der Waals surface area contributed by atoms with Crippen LogP contribution < -0.4 is 5.32 Å². The first-order valence-electron chi connectivity index (χ1n) is 8.56. The van der Waals surface area contributed by atoms with Crippen molar-refractivity contribution in [2.45, 2.75) is 58.9 Å². The number of hydrogen-bond acceptors (Lipinski definition) is 3. The van der Waals surface area contributed by atoms with E-state index in [-0.39, 0.29) is 24.0 Å². The van der Waals surface area contributed by atoms with Gasteiger partial charge in [0.05, 0.1) is 12.2 Å². The quantitative estimate of drug-likeness (QED) is 0.423. The fourth-order valence-corrected chi connectivity index (χ4v) is 4.07. The minimum absolute atomic E-state index is 0. The van der Waals surface area contributed by atoms with Crippen molar-refractivity contribution < 1.29 is 0 Å². The first kappa shape index (κ1) is 19.0. The summed E-state index contributed by atoms with van der Waals surface area (Å²) in [5, 5.41) is 4.65. The summed E-state index contributed by atoms with van der Waals surface area (Å²) in [6, 6.07) is 0. The third-order valence-corrected chi connectivity index (χ3v) is 5.82. The Kier molecular flexibility index (Phi) is 6.71. The second-order valence-corrected chi connectivity index (χ2v) is 8.19. The maximum atomic E-state index is 4.85. The normalized spacial score (nSPS) is 18.8. The van der Waals surface area contributed by atoms with E-state index in [1.54, 1.807) is 0 Å². The highest BCUT2D eigenvalue weighted by atomic mass is 127. The highest BCUT2D eigenvalue weighted by Gasteiger charge is 2.37. The van der Waals surface area contributed by atoms with Crippen molar-refractivity contribution in [1.29, 1.82) is 0 Å². The van der Waals surface area contributed by atoms with Crippen molar-refractivity contribution in [3.05, 3.63) is 15.6 Å². The van der Waals surface area contributed by atoms with Crippen molar-refractivity contribution in [1.82, 2.24) is 15.2 Å². The molecule has 4 nitrogen and oxygen atoms in total. The smallest absolute Gasteiger partial charge is 0.194 e. The Bertz CT molecular complexity index is 527. The molecule has 2 aliphatic carbocycles. The summed E-state index contributed by atoms with van der Waals surface area (Å²) in [6.45, 7) is 7.17. The van der Waals surface area contributed by atoms with Crippen LogP contribution in [0.5, 0.6) is 0 Å². The van der Waals surface area contributed by atoms with Gasteiger partial charge in [-0.05, 0) is 50.9 Å². The summed E-state index contributed by atoms with van der Waals surface area (Å²) in [7, 11) is 2.12. The molecule has 1 fully saturated rings. The summed E-state index contributed by atoms with van der Waals surface area (Å²) < 4.78 is 0. The van der Waals surface area contributed by atoms with Gasteiger partial charge < -0.3 is 10.2 Å². The van der Waals surface area contributed by atoms with E-state index in [2.05, 4.69) is 31.1 Å². The van der Waals surface area contributed by atoms with Gasteiger partial charge in [-0.15, -0.1) is 35.3 Å². The van der Waals surface area contributed by atoms with Crippen LogP contribution in [0.4, 0.5) is 0 Å². The molecule has 0 amide bonds. The van der Waals surface area contributed by atoms with Gasteiger partial charge in [0.25, 0.3) is 0 Å². The van der Waals surface area contributed by atoms with Gasteiger partial charge in [-0.25, -0.2) is 4.98 Å². The molecule has 1 saturated carbocycles. The third kappa shape index (κ3) is 5.05. The van der Waals surface area contributed by atoms with Crippen LogP contribution in [0.2, 0.25) is 0 Å². The monoisotopic (exact) mass is 448 g/mol. The van der Waals surface area contributed by atoms with E-state index in [9.17, 15) is 0 Å². The number of guanidine groups is 1. The predicted octanol–water partition coefficient (Wildman–Crippen LogP) is 3.84. The molecule has 0 aromatic carbocycles. The summed E-state index contributed by atoms with van der Waals surface area (Å²) in [5.74, 6) is 1.02. The van der Waals surface area contributed by atoms with Crippen molar-refractivity contribution in [2.75, 3.05) is 20.1 Å². The molecule has 0 unspecified atom stereocenters. The van der Waals surface area contributed by atoms with E-state index < -0.39 is 0 Å². The van der Waals surface area contributed by atoms with E-state index in [1.807, 2.05) is 11.3 Å². The first-order valence-corrected chi connectivity index (χ1v) is 9.38. The van der Waals surface area contributed by atoms with Crippen LogP contribution in [0.1, 0.15) is 55.1 Å². The molecule has 1 heterocycles. The number of rotatable bonds is 5. The van der Waals surface area contributed by atoms with E-state index in [4.69, 9.17) is 9.98 Å². The van der Waals surface area contributed by atoms with Crippen LogP contribution in [-0.2, 0) is 19.4 Å². The average Bonchev–Trinajstić information content (AvgIpc) is 3.09. The number of hydrogen-bond donors (Lipinski definition) is 1. The molecule has 2 aliphatic rings. The van der Waals surface area contributed by atoms with E-state index in [0.29, 0.717) is 5.41 Å². The fourth-order valence-electron chi connectivity index (χ4n) is 2.86. The predicted molar refractivity (Wildman–Crippen MR) is 109 cm³/mol. The lowest BCUT2D eigenvalue weighted by atomic mass is 10.0. The molecule has 0 spiro atoms. The van der Waals surface area contributed by atoms with Crippen LogP contribution in [-0.4, -0.2) is 36.0 Å². The molecule has 6 heteroatoms. The van der Waals surface area contributed by atoms with Gasteiger partial charge >= 0.3 is 0 Å². The summed E-state index contributed by atoms with van der Waals surface area (Å²) in [4.78, 5) is 13.4. The van der Waals surface area contributed by atoms with E-state index in [1.165, 1.54) is 54.1 Å². The van der Waals surface area contributed by atoms with Gasteiger partial charge in [0.1, 0.15) is 5.01 Å². The topological polar surface area (TPSA) is 40.5 Å². The number of thiazole rings is 1. The van der Waals surface area contributed by atoms with Crippen molar-refractivity contribution in [3.8, 4) is 0 Å². The van der Waals surface area contributed by atoms with Gasteiger partial charge in [-0.2, -0.15) is 0 Å². The first-order chi connectivity index (χ1) is 10.6. The lowest BCUT2D eigenvalue weighted by Crippen LogP contribution is -2.38. The Hall–Kier alpha value is -0.370. The maximum Gasteiger partial charge on any atom is 0.194 e. The van der Waals surface area contributed by atoms with E-state index >= 15 is 0 Å². The highest BCUT2D eigenvalue weighted by molar-refractivity contribution is 14.0. The SMILES string of the molecule is CCNC(=NCC1(C)CC1)N(C)Cc1nc2c(s1)CCCC2.I. The zero-order chi connectivity index (χ0) is 15.6. The number of halogens is 1. The van der Waals surface area contributed by atoms with Crippen LogP contribution in [0, 0.1) is 5.41 Å². The Morgan fingerprint density at radius 2 is 2.09 bits per heavy atom.